The lowest BCUT2D eigenvalue weighted by Gasteiger charge is -2.03. The van der Waals surface area contributed by atoms with Gasteiger partial charge in [0.2, 0.25) is 0 Å². The van der Waals surface area contributed by atoms with Crippen LogP contribution in [0.2, 0.25) is 0 Å². The minimum absolute atomic E-state index is 0.144. The van der Waals surface area contributed by atoms with Gasteiger partial charge in [0, 0.05) is 5.56 Å². The highest BCUT2D eigenvalue weighted by molar-refractivity contribution is 5.63. The summed E-state index contributed by atoms with van der Waals surface area (Å²) in [6, 6.07) is 6.89. The van der Waals surface area contributed by atoms with Crippen molar-refractivity contribution in [2.24, 2.45) is 0 Å². The fourth-order valence-electron chi connectivity index (χ4n) is 1.46. The summed E-state index contributed by atoms with van der Waals surface area (Å²) in [7, 11) is 0. The first-order valence-corrected chi connectivity index (χ1v) is 5.38. The predicted octanol–water partition coefficient (Wildman–Crippen LogP) is 3.23. The van der Waals surface area contributed by atoms with Crippen molar-refractivity contribution in [2.75, 3.05) is 13.1 Å². The van der Waals surface area contributed by atoms with Crippen LogP contribution in [0.5, 0.6) is 0 Å². The second kappa shape index (κ2) is 6.36. The van der Waals surface area contributed by atoms with E-state index < -0.39 is 0 Å². The molecule has 0 aliphatic carbocycles. The van der Waals surface area contributed by atoms with Crippen LogP contribution in [-0.4, -0.2) is 13.1 Å². The van der Waals surface area contributed by atoms with Crippen molar-refractivity contribution >= 4 is 5.57 Å². The minimum Gasteiger partial charge on any atom is -0.317 e. The van der Waals surface area contributed by atoms with Gasteiger partial charge in [-0.05, 0) is 38.1 Å². The Morgan fingerprint density at radius 3 is 2.80 bits per heavy atom. The molecule has 0 heterocycles. The van der Waals surface area contributed by atoms with Crippen LogP contribution in [0.1, 0.15) is 25.8 Å². The maximum Gasteiger partial charge on any atom is 0.130 e. The summed E-state index contributed by atoms with van der Waals surface area (Å²) >= 11 is 0. The zero-order valence-electron chi connectivity index (χ0n) is 9.39. The molecule has 1 rings (SSSR count). The molecule has 0 fully saturated rings. The van der Waals surface area contributed by atoms with Gasteiger partial charge in [-0.15, -0.1) is 0 Å². The fraction of sp³-hybridized carbons (Fsp3) is 0.385. The number of hydrogen-bond acceptors (Lipinski definition) is 1. The molecule has 82 valence electrons. The summed E-state index contributed by atoms with van der Waals surface area (Å²) in [5.74, 6) is -0.144. The molecule has 0 bridgehead atoms. The predicted molar refractivity (Wildman–Crippen MR) is 63.2 cm³/mol. The molecule has 0 saturated heterocycles. The van der Waals surface area contributed by atoms with E-state index in [-0.39, 0.29) is 5.82 Å². The second-order valence-electron chi connectivity index (χ2n) is 3.51. The highest BCUT2D eigenvalue weighted by atomic mass is 19.1. The third-order valence-corrected chi connectivity index (χ3v) is 2.32. The third-order valence-electron chi connectivity index (χ3n) is 2.32. The monoisotopic (exact) mass is 207 g/mol. The van der Waals surface area contributed by atoms with Crippen LogP contribution in [0.3, 0.4) is 0 Å². The van der Waals surface area contributed by atoms with Gasteiger partial charge in [-0.25, -0.2) is 4.39 Å². The Labute approximate surface area is 91.0 Å². The normalized spacial score (nSPS) is 11.8. The lowest BCUT2D eigenvalue weighted by atomic mass is 10.1. The highest BCUT2D eigenvalue weighted by Crippen LogP contribution is 2.17. The van der Waals surface area contributed by atoms with Gasteiger partial charge >= 0.3 is 0 Å². The number of benzene rings is 1. The van der Waals surface area contributed by atoms with E-state index in [1.54, 1.807) is 6.07 Å². The quantitative estimate of drug-likeness (QED) is 0.731. The molecule has 1 aromatic rings. The standard InChI is InChI=1S/C13H18FN/c1-3-15-10-6-7-11(2)12-8-4-5-9-13(12)14/h4-5,7-9,15H,3,6,10H2,1-2H3. The smallest absolute Gasteiger partial charge is 0.130 e. The molecule has 0 spiro atoms. The van der Waals surface area contributed by atoms with Crippen LogP contribution in [-0.2, 0) is 0 Å². The molecule has 0 saturated carbocycles. The first kappa shape index (κ1) is 11.9. The lowest BCUT2D eigenvalue weighted by molar-refractivity contribution is 0.623. The van der Waals surface area contributed by atoms with Crippen molar-refractivity contribution in [3.63, 3.8) is 0 Å². The van der Waals surface area contributed by atoms with Crippen molar-refractivity contribution in [3.8, 4) is 0 Å². The summed E-state index contributed by atoms with van der Waals surface area (Å²) in [6.45, 7) is 5.95. The number of rotatable bonds is 5. The highest BCUT2D eigenvalue weighted by Gasteiger charge is 2.01. The maximum atomic E-state index is 13.4. The van der Waals surface area contributed by atoms with E-state index in [0.29, 0.717) is 5.56 Å². The van der Waals surface area contributed by atoms with E-state index in [1.807, 2.05) is 19.1 Å². The van der Waals surface area contributed by atoms with E-state index in [2.05, 4.69) is 18.3 Å². The van der Waals surface area contributed by atoms with Crippen molar-refractivity contribution in [2.45, 2.75) is 20.3 Å². The number of halogens is 1. The molecule has 1 aromatic carbocycles. The first-order valence-electron chi connectivity index (χ1n) is 5.38. The number of nitrogens with one attached hydrogen (secondary N) is 1. The van der Waals surface area contributed by atoms with Crippen LogP contribution >= 0.6 is 0 Å². The van der Waals surface area contributed by atoms with E-state index in [1.165, 1.54) is 6.07 Å². The molecule has 1 N–H and O–H groups in total. The summed E-state index contributed by atoms with van der Waals surface area (Å²) in [5, 5.41) is 3.23. The zero-order valence-corrected chi connectivity index (χ0v) is 9.39. The molecule has 15 heavy (non-hydrogen) atoms. The maximum absolute atomic E-state index is 13.4. The van der Waals surface area contributed by atoms with E-state index >= 15 is 0 Å². The summed E-state index contributed by atoms with van der Waals surface area (Å²) in [4.78, 5) is 0. The van der Waals surface area contributed by atoms with Crippen molar-refractivity contribution < 1.29 is 4.39 Å². The van der Waals surface area contributed by atoms with Gasteiger partial charge in [-0.1, -0.05) is 31.2 Å². The van der Waals surface area contributed by atoms with Crippen molar-refractivity contribution in [3.05, 3.63) is 41.7 Å². The lowest BCUT2D eigenvalue weighted by Crippen LogP contribution is -2.13. The Hall–Kier alpha value is -1.15. The van der Waals surface area contributed by atoms with Gasteiger partial charge in [-0.3, -0.25) is 0 Å². The Bertz CT molecular complexity index is 331. The fourth-order valence-corrected chi connectivity index (χ4v) is 1.46. The van der Waals surface area contributed by atoms with E-state index in [4.69, 9.17) is 0 Å². The third kappa shape index (κ3) is 3.84. The molecule has 0 aliphatic heterocycles. The van der Waals surface area contributed by atoms with Crippen LogP contribution in [0.25, 0.3) is 5.57 Å². The SMILES string of the molecule is CCNCCC=C(C)c1ccccc1F. The Kier molecular flexibility index (Phi) is 5.05. The molecule has 0 aliphatic rings. The molecule has 0 aromatic heterocycles. The molecule has 0 atom stereocenters. The summed E-state index contributed by atoms with van der Waals surface area (Å²) in [5.41, 5.74) is 1.71. The van der Waals surface area contributed by atoms with Gasteiger partial charge in [0.25, 0.3) is 0 Å². The average Bonchev–Trinajstić information content (AvgIpc) is 2.25. The average molecular weight is 207 g/mol. The largest absolute Gasteiger partial charge is 0.317 e. The van der Waals surface area contributed by atoms with Gasteiger partial charge in [0.1, 0.15) is 5.82 Å². The summed E-state index contributed by atoms with van der Waals surface area (Å²) in [6.07, 6.45) is 3.01. The molecule has 2 heteroatoms. The first-order chi connectivity index (χ1) is 7.25. The molecule has 0 amide bonds. The molecular weight excluding hydrogens is 189 g/mol. The zero-order chi connectivity index (χ0) is 11.1. The Morgan fingerprint density at radius 2 is 2.13 bits per heavy atom. The van der Waals surface area contributed by atoms with Crippen LogP contribution in [0, 0.1) is 5.82 Å². The number of hydrogen-bond donors (Lipinski definition) is 1. The van der Waals surface area contributed by atoms with E-state index in [9.17, 15) is 4.39 Å². The summed E-state index contributed by atoms with van der Waals surface area (Å²) < 4.78 is 13.4. The molecular formula is C13H18FN. The van der Waals surface area contributed by atoms with Gasteiger partial charge < -0.3 is 5.32 Å². The number of allylic oxidation sites excluding steroid dienone is 1. The van der Waals surface area contributed by atoms with E-state index in [0.717, 1.165) is 25.1 Å². The van der Waals surface area contributed by atoms with Crippen molar-refractivity contribution in [1.29, 1.82) is 0 Å². The van der Waals surface area contributed by atoms with Gasteiger partial charge in [-0.2, -0.15) is 0 Å². The molecule has 0 radical (unpaired) electrons. The van der Waals surface area contributed by atoms with Gasteiger partial charge in [0.05, 0.1) is 0 Å². The Balaban J connectivity index is 2.60. The van der Waals surface area contributed by atoms with Gasteiger partial charge in [0.15, 0.2) is 0 Å². The molecule has 1 nitrogen and oxygen atoms in total. The minimum atomic E-state index is -0.144. The topological polar surface area (TPSA) is 12.0 Å². The van der Waals surface area contributed by atoms with Crippen LogP contribution < -0.4 is 5.32 Å². The second-order valence-corrected chi connectivity index (χ2v) is 3.51. The Morgan fingerprint density at radius 1 is 1.40 bits per heavy atom. The van der Waals surface area contributed by atoms with Crippen molar-refractivity contribution in [1.82, 2.24) is 5.32 Å². The molecule has 0 unspecified atom stereocenters. The van der Waals surface area contributed by atoms with Crippen LogP contribution in [0.4, 0.5) is 4.39 Å². The van der Waals surface area contributed by atoms with Crippen LogP contribution in [0.15, 0.2) is 30.3 Å².